The summed E-state index contributed by atoms with van der Waals surface area (Å²) in [6, 6.07) is 6.31. The van der Waals surface area contributed by atoms with E-state index < -0.39 is 11.9 Å². The molecule has 1 heterocycles. The van der Waals surface area contributed by atoms with Crippen molar-refractivity contribution in [2.75, 3.05) is 6.54 Å². The molecule has 17 heavy (non-hydrogen) atoms. The Morgan fingerprint density at radius 2 is 2.06 bits per heavy atom. The third kappa shape index (κ3) is 2.26. The molecule has 0 radical (unpaired) electrons. The number of nitrogens with two attached hydrogens (primary N) is 1. The Bertz CT molecular complexity index is 462. The fourth-order valence-electron chi connectivity index (χ4n) is 2.09. The van der Waals surface area contributed by atoms with Crippen molar-refractivity contribution in [2.24, 2.45) is 5.73 Å². The van der Waals surface area contributed by atoms with E-state index in [1.165, 1.54) is 4.90 Å². The summed E-state index contributed by atoms with van der Waals surface area (Å²) >= 11 is 5.96. The Kier molecular flexibility index (Phi) is 3.33. The molecule has 90 valence electrons. The van der Waals surface area contributed by atoms with Gasteiger partial charge in [0.2, 0.25) is 5.91 Å². The van der Waals surface area contributed by atoms with Gasteiger partial charge >= 0.3 is 0 Å². The van der Waals surface area contributed by atoms with Gasteiger partial charge in [0.05, 0.1) is 10.6 Å². The van der Waals surface area contributed by atoms with Crippen LogP contribution in [0.25, 0.3) is 0 Å². The van der Waals surface area contributed by atoms with Crippen LogP contribution in [0.15, 0.2) is 24.3 Å². The molecule has 0 aromatic heterocycles. The molecule has 1 aromatic carbocycles. The minimum atomic E-state index is -0.501. The van der Waals surface area contributed by atoms with E-state index in [0.717, 1.165) is 6.42 Å². The Labute approximate surface area is 104 Å². The molecule has 0 spiro atoms. The van der Waals surface area contributed by atoms with Gasteiger partial charge in [-0.15, -0.1) is 0 Å². The van der Waals surface area contributed by atoms with Gasteiger partial charge in [-0.25, -0.2) is 0 Å². The largest absolute Gasteiger partial charge is 0.368 e. The summed E-state index contributed by atoms with van der Waals surface area (Å²) in [7, 11) is 0. The average Bonchev–Trinajstić information content (AvgIpc) is 2.77. The number of benzene rings is 1. The van der Waals surface area contributed by atoms with E-state index in [1.54, 1.807) is 24.3 Å². The number of nitrogens with zero attached hydrogens (tertiary/aromatic N) is 1. The van der Waals surface area contributed by atoms with Crippen molar-refractivity contribution in [3.63, 3.8) is 0 Å². The average molecular weight is 253 g/mol. The van der Waals surface area contributed by atoms with E-state index in [-0.39, 0.29) is 5.91 Å². The van der Waals surface area contributed by atoms with Crippen LogP contribution in [-0.2, 0) is 4.79 Å². The fraction of sp³-hybridized carbons (Fsp3) is 0.333. The maximum absolute atomic E-state index is 12.2. The molecule has 1 aliphatic rings. The normalized spacial score (nSPS) is 19.4. The first kappa shape index (κ1) is 11.9. The number of rotatable bonds is 2. The van der Waals surface area contributed by atoms with Gasteiger partial charge in [-0.1, -0.05) is 23.7 Å². The van der Waals surface area contributed by atoms with Crippen molar-refractivity contribution in [1.82, 2.24) is 4.90 Å². The highest BCUT2D eigenvalue weighted by atomic mass is 35.5. The van der Waals surface area contributed by atoms with Crippen molar-refractivity contribution < 1.29 is 9.59 Å². The van der Waals surface area contributed by atoms with Crippen LogP contribution < -0.4 is 5.73 Å². The topological polar surface area (TPSA) is 63.4 Å². The molecule has 5 heteroatoms. The molecule has 1 saturated heterocycles. The lowest BCUT2D eigenvalue weighted by Gasteiger charge is -2.22. The molecule has 0 saturated carbocycles. The number of carbonyl (C=O) groups is 2. The third-order valence-electron chi connectivity index (χ3n) is 2.95. The predicted octanol–water partition coefficient (Wildman–Crippen LogP) is 1.43. The number of primary amides is 1. The van der Waals surface area contributed by atoms with Crippen molar-refractivity contribution in [3.8, 4) is 0 Å². The number of carbonyl (C=O) groups excluding carboxylic acids is 2. The van der Waals surface area contributed by atoms with Crippen molar-refractivity contribution in [1.29, 1.82) is 0 Å². The smallest absolute Gasteiger partial charge is 0.256 e. The number of amides is 2. The summed E-state index contributed by atoms with van der Waals surface area (Å²) in [4.78, 5) is 24.9. The minimum Gasteiger partial charge on any atom is -0.368 e. The predicted molar refractivity (Wildman–Crippen MR) is 64.7 cm³/mol. The highest BCUT2D eigenvalue weighted by Crippen LogP contribution is 2.23. The standard InChI is InChI=1S/C12H13ClN2O2/c13-9-5-2-1-4-8(9)12(17)15-7-3-6-10(15)11(14)16/h1-2,4-5,10H,3,6-7H2,(H2,14,16). The van der Waals surface area contributed by atoms with Gasteiger partial charge < -0.3 is 10.6 Å². The summed E-state index contributed by atoms with van der Waals surface area (Å²) in [5.74, 6) is -0.681. The molecule has 1 fully saturated rings. The second-order valence-electron chi connectivity index (χ2n) is 4.04. The number of halogens is 1. The summed E-state index contributed by atoms with van der Waals surface area (Å²) in [6.07, 6.45) is 1.43. The molecular formula is C12H13ClN2O2. The van der Waals surface area contributed by atoms with Gasteiger partial charge in [-0.2, -0.15) is 0 Å². The molecule has 4 nitrogen and oxygen atoms in total. The van der Waals surface area contributed by atoms with Gasteiger partial charge in [-0.05, 0) is 25.0 Å². The molecule has 2 N–H and O–H groups in total. The first-order valence-corrected chi connectivity index (χ1v) is 5.84. The Hall–Kier alpha value is -1.55. The van der Waals surface area contributed by atoms with E-state index >= 15 is 0 Å². The Balaban J connectivity index is 2.26. The van der Waals surface area contributed by atoms with E-state index in [9.17, 15) is 9.59 Å². The van der Waals surface area contributed by atoms with E-state index in [0.29, 0.717) is 23.6 Å². The van der Waals surface area contributed by atoms with Crippen LogP contribution in [-0.4, -0.2) is 29.3 Å². The maximum Gasteiger partial charge on any atom is 0.256 e. The minimum absolute atomic E-state index is 0.225. The molecule has 1 aliphatic heterocycles. The van der Waals surface area contributed by atoms with Gasteiger partial charge in [-0.3, -0.25) is 9.59 Å². The number of hydrogen-bond acceptors (Lipinski definition) is 2. The molecule has 1 atom stereocenters. The van der Waals surface area contributed by atoms with E-state index in [1.807, 2.05) is 0 Å². The van der Waals surface area contributed by atoms with Crippen LogP contribution in [0.1, 0.15) is 23.2 Å². The SMILES string of the molecule is NC(=O)C1CCCN1C(=O)c1ccccc1Cl. The van der Waals surface area contributed by atoms with Gasteiger partial charge in [0.15, 0.2) is 0 Å². The molecule has 2 rings (SSSR count). The maximum atomic E-state index is 12.2. The zero-order valence-electron chi connectivity index (χ0n) is 9.23. The van der Waals surface area contributed by atoms with Gasteiger partial charge in [0.1, 0.15) is 6.04 Å². The van der Waals surface area contributed by atoms with Crippen LogP contribution >= 0.6 is 11.6 Å². The van der Waals surface area contributed by atoms with Crippen molar-refractivity contribution in [2.45, 2.75) is 18.9 Å². The van der Waals surface area contributed by atoms with Crippen LogP contribution in [0.3, 0.4) is 0 Å². The summed E-state index contributed by atoms with van der Waals surface area (Å²) < 4.78 is 0. The second kappa shape index (κ2) is 4.75. The van der Waals surface area contributed by atoms with Crippen LogP contribution in [0.5, 0.6) is 0 Å². The van der Waals surface area contributed by atoms with Crippen LogP contribution in [0, 0.1) is 0 Å². The molecule has 0 aliphatic carbocycles. The number of hydrogen-bond donors (Lipinski definition) is 1. The monoisotopic (exact) mass is 252 g/mol. The van der Waals surface area contributed by atoms with Crippen molar-refractivity contribution in [3.05, 3.63) is 34.9 Å². The molecule has 1 unspecified atom stereocenters. The van der Waals surface area contributed by atoms with E-state index in [4.69, 9.17) is 17.3 Å². The number of likely N-dealkylation sites (tertiary alicyclic amines) is 1. The second-order valence-corrected chi connectivity index (χ2v) is 4.45. The quantitative estimate of drug-likeness (QED) is 0.866. The van der Waals surface area contributed by atoms with Crippen molar-refractivity contribution >= 4 is 23.4 Å². The third-order valence-corrected chi connectivity index (χ3v) is 3.28. The lowest BCUT2D eigenvalue weighted by Crippen LogP contribution is -2.43. The fourth-order valence-corrected chi connectivity index (χ4v) is 2.31. The van der Waals surface area contributed by atoms with Gasteiger partial charge in [0, 0.05) is 6.54 Å². The van der Waals surface area contributed by atoms with Crippen LogP contribution in [0.2, 0.25) is 5.02 Å². The first-order chi connectivity index (χ1) is 8.11. The molecule has 0 bridgehead atoms. The summed E-state index contributed by atoms with van der Waals surface area (Å²) in [5.41, 5.74) is 5.70. The molecule has 1 aromatic rings. The highest BCUT2D eigenvalue weighted by molar-refractivity contribution is 6.33. The van der Waals surface area contributed by atoms with Gasteiger partial charge in [0.25, 0.3) is 5.91 Å². The summed E-state index contributed by atoms with van der Waals surface area (Å²) in [5, 5.41) is 0.396. The highest BCUT2D eigenvalue weighted by Gasteiger charge is 2.33. The zero-order chi connectivity index (χ0) is 12.4. The first-order valence-electron chi connectivity index (χ1n) is 5.46. The lowest BCUT2D eigenvalue weighted by atomic mass is 10.1. The van der Waals surface area contributed by atoms with Crippen LogP contribution in [0.4, 0.5) is 0 Å². The summed E-state index contributed by atoms with van der Waals surface area (Å²) in [6.45, 7) is 0.553. The Morgan fingerprint density at radius 3 is 2.71 bits per heavy atom. The lowest BCUT2D eigenvalue weighted by molar-refractivity contribution is -0.121. The zero-order valence-corrected chi connectivity index (χ0v) is 9.98. The Morgan fingerprint density at radius 1 is 1.35 bits per heavy atom. The van der Waals surface area contributed by atoms with E-state index in [2.05, 4.69) is 0 Å². The molecular weight excluding hydrogens is 240 g/mol. The molecule has 2 amide bonds.